The molecule has 1 aliphatic rings. The van der Waals surface area contributed by atoms with Crippen LogP contribution < -0.4 is 15.5 Å². The first-order valence-corrected chi connectivity index (χ1v) is 10.3. The molecule has 0 bridgehead atoms. The van der Waals surface area contributed by atoms with Gasteiger partial charge in [-0.15, -0.1) is 0 Å². The van der Waals surface area contributed by atoms with Crippen molar-refractivity contribution < 1.29 is 4.79 Å². The summed E-state index contributed by atoms with van der Waals surface area (Å²) in [5.74, 6) is 0.301. The van der Waals surface area contributed by atoms with Crippen LogP contribution >= 0.6 is 0 Å². The highest BCUT2D eigenvalue weighted by molar-refractivity contribution is 5.92. The van der Waals surface area contributed by atoms with Crippen LogP contribution in [0.5, 0.6) is 0 Å². The van der Waals surface area contributed by atoms with Crippen LogP contribution in [0.4, 0.5) is 11.4 Å². The van der Waals surface area contributed by atoms with Crippen LogP contribution in [0, 0.1) is 12.8 Å². The highest BCUT2D eigenvalue weighted by Crippen LogP contribution is 2.23. The van der Waals surface area contributed by atoms with Crippen molar-refractivity contribution in [3.05, 3.63) is 53.9 Å². The first-order chi connectivity index (χ1) is 13.5. The summed E-state index contributed by atoms with van der Waals surface area (Å²) in [7, 11) is 0. The SMILES string of the molecule is Cc1cccnc1C(NCC(=O)Nc1ccc(N2CCCCC2)cc1)C(C)C. The molecule has 5 nitrogen and oxygen atoms in total. The number of nitrogens with one attached hydrogen (secondary N) is 2. The monoisotopic (exact) mass is 380 g/mol. The van der Waals surface area contributed by atoms with E-state index in [1.165, 1.54) is 24.9 Å². The van der Waals surface area contributed by atoms with Crippen LogP contribution in [-0.4, -0.2) is 30.5 Å². The van der Waals surface area contributed by atoms with Crippen molar-refractivity contribution in [2.75, 3.05) is 29.9 Å². The zero-order valence-corrected chi connectivity index (χ0v) is 17.2. The molecule has 5 heteroatoms. The Morgan fingerprint density at radius 3 is 2.46 bits per heavy atom. The van der Waals surface area contributed by atoms with E-state index in [9.17, 15) is 4.79 Å². The predicted octanol–water partition coefficient (Wildman–Crippen LogP) is 4.31. The van der Waals surface area contributed by atoms with Crippen LogP contribution in [0.2, 0.25) is 0 Å². The summed E-state index contributed by atoms with van der Waals surface area (Å²) in [5.41, 5.74) is 4.22. The Hall–Kier alpha value is -2.40. The maximum Gasteiger partial charge on any atom is 0.238 e. The van der Waals surface area contributed by atoms with Gasteiger partial charge in [-0.25, -0.2) is 0 Å². The molecule has 0 spiro atoms. The van der Waals surface area contributed by atoms with Crippen LogP contribution in [0.15, 0.2) is 42.6 Å². The molecular formula is C23H32N4O. The number of nitrogens with zero attached hydrogens (tertiary/aromatic N) is 2. The van der Waals surface area contributed by atoms with Gasteiger partial charge in [0, 0.05) is 30.7 Å². The van der Waals surface area contributed by atoms with Crippen molar-refractivity contribution in [3.8, 4) is 0 Å². The minimum Gasteiger partial charge on any atom is -0.372 e. The lowest BCUT2D eigenvalue weighted by molar-refractivity contribution is -0.115. The molecule has 0 saturated carbocycles. The average Bonchev–Trinajstić information content (AvgIpc) is 2.70. The lowest BCUT2D eigenvalue weighted by Gasteiger charge is -2.28. The van der Waals surface area contributed by atoms with Gasteiger partial charge >= 0.3 is 0 Å². The molecule has 1 amide bonds. The van der Waals surface area contributed by atoms with Crippen molar-refractivity contribution in [3.63, 3.8) is 0 Å². The van der Waals surface area contributed by atoms with Gasteiger partial charge in [0.25, 0.3) is 0 Å². The lowest BCUT2D eigenvalue weighted by Crippen LogP contribution is -2.34. The van der Waals surface area contributed by atoms with Crippen molar-refractivity contribution in [1.82, 2.24) is 10.3 Å². The average molecular weight is 381 g/mol. The number of aryl methyl sites for hydroxylation is 1. The van der Waals surface area contributed by atoms with E-state index < -0.39 is 0 Å². The maximum atomic E-state index is 12.4. The number of pyridine rings is 1. The highest BCUT2D eigenvalue weighted by atomic mass is 16.1. The summed E-state index contributed by atoms with van der Waals surface area (Å²) in [6.45, 7) is 8.85. The van der Waals surface area contributed by atoms with Crippen LogP contribution in [-0.2, 0) is 4.79 Å². The number of amides is 1. The molecule has 1 saturated heterocycles. The van der Waals surface area contributed by atoms with Gasteiger partial charge in [0.1, 0.15) is 0 Å². The topological polar surface area (TPSA) is 57.3 Å². The summed E-state index contributed by atoms with van der Waals surface area (Å²) >= 11 is 0. The van der Waals surface area contributed by atoms with E-state index in [0.717, 1.165) is 30.0 Å². The minimum atomic E-state index is -0.0371. The van der Waals surface area contributed by atoms with Crippen molar-refractivity contribution in [2.24, 2.45) is 5.92 Å². The number of carbonyl (C=O) groups is 1. The Morgan fingerprint density at radius 1 is 1.11 bits per heavy atom. The normalized spacial score (nSPS) is 15.5. The van der Waals surface area contributed by atoms with E-state index in [-0.39, 0.29) is 18.5 Å². The van der Waals surface area contributed by atoms with Crippen molar-refractivity contribution in [1.29, 1.82) is 0 Å². The third-order valence-electron chi connectivity index (χ3n) is 5.37. The minimum absolute atomic E-state index is 0.0371. The molecule has 0 aliphatic carbocycles. The third-order valence-corrected chi connectivity index (χ3v) is 5.37. The van der Waals surface area contributed by atoms with Crippen LogP contribution in [0.3, 0.4) is 0 Å². The fourth-order valence-corrected chi connectivity index (χ4v) is 3.79. The molecule has 150 valence electrons. The second kappa shape index (κ2) is 9.69. The fraction of sp³-hybridized carbons (Fsp3) is 0.478. The molecular weight excluding hydrogens is 348 g/mol. The highest BCUT2D eigenvalue weighted by Gasteiger charge is 2.19. The number of carbonyl (C=O) groups excluding carboxylic acids is 1. The Labute approximate surface area is 168 Å². The summed E-state index contributed by atoms with van der Waals surface area (Å²) in [6, 6.07) is 12.2. The first-order valence-electron chi connectivity index (χ1n) is 10.3. The lowest BCUT2D eigenvalue weighted by atomic mass is 9.97. The van der Waals surface area contributed by atoms with Crippen LogP contribution in [0.25, 0.3) is 0 Å². The molecule has 2 aromatic rings. The van der Waals surface area contributed by atoms with Gasteiger partial charge in [-0.05, 0) is 68.0 Å². The maximum absolute atomic E-state index is 12.4. The van der Waals surface area contributed by atoms with Gasteiger partial charge in [0.05, 0.1) is 18.3 Å². The van der Waals surface area contributed by atoms with E-state index in [1.807, 2.05) is 24.4 Å². The van der Waals surface area contributed by atoms with Gasteiger partial charge in [0.2, 0.25) is 5.91 Å². The summed E-state index contributed by atoms with van der Waals surface area (Å²) < 4.78 is 0. The van der Waals surface area contributed by atoms with Crippen molar-refractivity contribution in [2.45, 2.75) is 46.1 Å². The number of piperidine rings is 1. The van der Waals surface area contributed by atoms with Gasteiger partial charge in [-0.1, -0.05) is 19.9 Å². The summed E-state index contributed by atoms with van der Waals surface area (Å²) in [5, 5.41) is 6.37. The molecule has 28 heavy (non-hydrogen) atoms. The van der Waals surface area contributed by atoms with E-state index in [1.54, 1.807) is 0 Å². The van der Waals surface area contributed by atoms with Gasteiger partial charge in [0.15, 0.2) is 0 Å². The Morgan fingerprint density at radius 2 is 1.82 bits per heavy atom. The fourth-order valence-electron chi connectivity index (χ4n) is 3.79. The van der Waals surface area contributed by atoms with E-state index >= 15 is 0 Å². The molecule has 1 aromatic heterocycles. The van der Waals surface area contributed by atoms with Crippen LogP contribution in [0.1, 0.15) is 50.4 Å². The predicted molar refractivity (Wildman–Crippen MR) is 116 cm³/mol. The Bertz CT molecular complexity index is 766. The Kier molecular flexibility index (Phi) is 7.04. The van der Waals surface area contributed by atoms with E-state index in [4.69, 9.17) is 0 Å². The largest absolute Gasteiger partial charge is 0.372 e. The second-order valence-electron chi connectivity index (χ2n) is 7.95. The third kappa shape index (κ3) is 5.32. The molecule has 1 atom stereocenters. The second-order valence-corrected chi connectivity index (χ2v) is 7.95. The molecule has 1 aliphatic heterocycles. The molecule has 0 radical (unpaired) electrons. The molecule has 3 rings (SSSR count). The standard InChI is InChI=1S/C23H32N4O/c1-17(2)22(23-18(3)8-7-13-24-23)25-16-21(28)26-19-9-11-20(12-10-19)27-14-5-4-6-15-27/h7-13,17,22,25H,4-6,14-16H2,1-3H3,(H,26,28). The molecule has 2 heterocycles. The number of benzene rings is 1. The summed E-state index contributed by atoms with van der Waals surface area (Å²) in [4.78, 5) is 19.4. The molecule has 1 unspecified atom stereocenters. The van der Waals surface area contributed by atoms with E-state index in [2.05, 4.69) is 59.5 Å². The first kappa shape index (κ1) is 20.3. The van der Waals surface area contributed by atoms with Gasteiger partial charge < -0.3 is 10.2 Å². The molecule has 1 fully saturated rings. The molecule has 2 N–H and O–H groups in total. The zero-order chi connectivity index (χ0) is 19.9. The van der Waals surface area contributed by atoms with Gasteiger partial charge in [-0.3, -0.25) is 15.1 Å². The molecule has 1 aromatic carbocycles. The number of rotatable bonds is 7. The smallest absolute Gasteiger partial charge is 0.238 e. The van der Waals surface area contributed by atoms with Gasteiger partial charge in [-0.2, -0.15) is 0 Å². The van der Waals surface area contributed by atoms with E-state index in [0.29, 0.717) is 5.92 Å². The number of anilines is 2. The number of aromatic nitrogens is 1. The zero-order valence-electron chi connectivity index (χ0n) is 17.2. The van der Waals surface area contributed by atoms with Crippen molar-refractivity contribution >= 4 is 17.3 Å². The number of hydrogen-bond acceptors (Lipinski definition) is 4. The number of hydrogen-bond donors (Lipinski definition) is 2. The summed E-state index contributed by atoms with van der Waals surface area (Å²) in [6.07, 6.45) is 5.66. The quantitative estimate of drug-likeness (QED) is 0.752. The Balaban J connectivity index is 1.55.